The normalized spacial score (nSPS) is 11.2. The molecule has 0 aliphatic carbocycles. The van der Waals surface area contributed by atoms with Crippen LogP contribution in [0.25, 0.3) is 0 Å². The smallest absolute Gasteiger partial charge is 0.182 e. The number of hydrogen-bond donors (Lipinski definition) is 0. The first-order chi connectivity index (χ1) is 8.63. The summed E-state index contributed by atoms with van der Waals surface area (Å²) in [5, 5.41) is 0. The van der Waals surface area contributed by atoms with E-state index >= 15 is 0 Å². The van der Waals surface area contributed by atoms with Gasteiger partial charge in [0.1, 0.15) is 5.75 Å². The van der Waals surface area contributed by atoms with Gasteiger partial charge in [-0.15, -0.1) is 0 Å². The summed E-state index contributed by atoms with van der Waals surface area (Å²) in [4.78, 5) is 0.274. The van der Waals surface area contributed by atoms with Gasteiger partial charge in [-0.25, -0.2) is 8.42 Å². The van der Waals surface area contributed by atoms with Gasteiger partial charge >= 0.3 is 0 Å². The van der Waals surface area contributed by atoms with Crippen LogP contribution in [0.3, 0.4) is 0 Å². The lowest BCUT2D eigenvalue weighted by atomic mass is 10.2. The van der Waals surface area contributed by atoms with Crippen LogP contribution in [0.1, 0.15) is 5.56 Å². The highest BCUT2D eigenvalue weighted by Gasteiger charge is 2.17. The highest BCUT2D eigenvalue weighted by Crippen LogP contribution is 2.23. The second kappa shape index (κ2) is 5.23. The average Bonchev–Trinajstić information content (AvgIpc) is 2.40. The number of benzene rings is 2. The Bertz CT molecular complexity index is 618. The zero-order valence-corrected chi connectivity index (χ0v) is 10.8. The molecular formula is C14H13O3S. The lowest BCUT2D eigenvalue weighted by Crippen LogP contribution is -2.06. The van der Waals surface area contributed by atoms with Crippen molar-refractivity contribution in [2.75, 3.05) is 7.11 Å². The Balaban J connectivity index is 2.34. The first-order valence-electron chi connectivity index (χ1n) is 5.44. The van der Waals surface area contributed by atoms with Crippen LogP contribution in [0.4, 0.5) is 0 Å². The molecule has 4 heteroatoms. The molecule has 0 spiro atoms. The molecule has 0 aliphatic rings. The van der Waals surface area contributed by atoms with Crippen LogP contribution in [0.2, 0.25) is 0 Å². The minimum atomic E-state index is -3.36. The van der Waals surface area contributed by atoms with Crippen LogP contribution in [-0.4, -0.2) is 15.5 Å². The van der Waals surface area contributed by atoms with Crippen LogP contribution in [0.5, 0.6) is 5.75 Å². The maximum absolute atomic E-state index is 12.2. The Labute approximate surface area is 107 Å². The van der Waals surface area contributed by atoms with E-state index in [1.165, 1.54) is 13.2 Å². The van der Waals surface area contributed by atoms with Crippen LogP contribution in [0, 0.1) is 6.07 Å². The maximum Gasteiger partial charge on any atom is 0.182 e. The summed E-state index contributed by atoms with van der Waals surface area (Å²) in [6.45, 7) is 0. The lowest BCUT2D eigenvalue weighted by molar-refractivity contribution is 0.411. The van der Waals surface area contributed by atoms with Crippen molar-refractivity contribution in [1.82, 2.24) is 0 Å². The van der Waals surface area contributed by atoms with Gasteiger partial charge in [-0.2, -0.15) is 0 Å². The zero-order chi connectivity index (χ0) is 13.0. The van der Waals surface area contributed by atoms with E-state index in [2.05, 4.69) is 6.07 Å². The number of ether oxygens (including phenoxy) is 1. The first-order valence-corrected chi connectivity index (χ1v) is 7.09. The zero-order valence-electron chi connectivity index (χ0n) is 9.96. The largest absolute Gasteiger partial charge is 0.496 e. The molecule has 0 bridgehead atoms. The molecule has 0 aliphatic heterocycles. The van der Waals surface area contributed by atoms with Crippen LogP contribution >= 0.6 is 0 Å². The molecule has 1 radical (unpaired) electrons. The van der Waals surface area contributed by atoms with Crippen molar-refractivity contribution in [3.05, 3.63) is 60.2 Å². The minimum Gasteiger partial charge on any atom is -0.496 e. The summed E-state index contributed by atoms with van der Waals surface area (Å²) in [5.41, 5.74) is 0.656. The summed E-state index contributed by atoms with van der Waals surface area (Å²) in [5.74, 6) is 0.510. The second-order valence-corrected chi connectivity index (χ2v) is 5.80. The van der Waals surface area contributed by atoms with Crippen molar-refractivity contribution in [2.45, 2.75) is 10.6 Å². The number of para-hydroxylation sites is 1. The molecule has 0 unspecified atom stereocenters. The van der Waals surface area contributed by atoms with Gasteiger partial charge in [0.15, 0.2) is 9.84 Å². The summed E-state index contributed by atoms with van der Waals surface area (Å²) in [6, 6.07) is 16.3. The van der Waals surface area contributed by atoms with Crippen molar-refractivity contribution in [3.8, 4) is 5.75 Å². The summed E-state index contributed by atoms with van der Waals surface area (Å²) in [6.07, 6.45) is 0. The van der Waals surface area contributed by atoms with E-state index in [0.717, 1.165) is 0 Å². The fourth-order valence-electron chi connectivity index (χ4n) is 1.68. The predicted octanol–water partition coefficient (Wildman–Crippen LogP) is 2.47. The number of rotatable bonds is 4. The summed E-state index contributed by atoms with van der Waals surface area (Å²) >= 11 is 0. The van der Waals surface area contributed by atoms with E-state index < -0.39 is 9.84 Å². The van der Waals surface area contributed by atoms with E-state index in [9.17, 15) is 8.42 Å². The van der Waals surface area contributed by atoms with Gasteiger partial charge in [0.25, 0.3) is 0 Å². The summed E-state index contributed by atoms with van der Waals surface area (Å²) in [7, 11) is -1.83. The molecule has 0 N–H and O–H groups in total. The minimum absolute atomic E-state index is 0.0745. The fourth-order valence-corrected chi connectivity index (χ4v) is 3.03. The standard InChI is InChI=1S/C14H13O3S/c1-17-14-10-6-5-7-12(14)11-18(15,16)13-8-3-2-4-9-13/h2-3,5-10H,11H2,1H3. The Morgan fingerprint density at radius 3 is 2.61 bits per heavy atom. The molecule has 0 aromatic heterocycles. The van der Waals surface area contributed by atoms with Gasteiger partial charge in [0.05, 0.1) is 17.8 Å². The molecule has 0 fully saturated rings. The fraction of sp³-hybridized carbons (Fsp3) is 0.143. The molecule has 0 saturated carbocycles. The molecular weight excluding hydrogens is 248 g/mol. The van der Waals surface area contributed by atoms with Crippen molar-refractivity contribution < 1.29 is 13.2 Å². The molecule has 0 amide bonds. The van der Waals surface area contributed by atoms with Gasteiger partial charge in [-0.05, 0) is 24.3 Å². The number of sulfone groups is 1. The van der Waals surface area contributed by atoms with Gasteiger partial charge in [0, 0.05) is 5.56 Å². The molecule has 0 heterocycles. The third kappa shape index (κ3) is 2.71. The third-order valence-corrected chi connectivity index (χ3v) is 4.24. The van der Waals surface area contributed by atoms with Gasteiger partial charge in [-0.1, -0.05) is 30.3 Å². The molecule has 2 rings (SSSR count). The molecule has 93 valence electrons. The second-order valence-electron chi connectivity index (χ2n) is 3.81. The quantitative estimate of drug-likeness (QED) is 0.849. The van der Waals surface area contributed by atoms with Gasteiger partial charge in [0.2, 0.25) is 0 Å². The molecule has 2 aromatic rings. The van der Waals surface area contributed by atoms with Gasteiger partial charge < -0.3 is 4.74 Å². The van der Waals surface area contributed by atoms with E-state index in [1.54, 1.807) is 36.4 Å². The van der Waals surface area contributed by atoms with E-state index in [-0.39, 0.29) is 10.6 Å². The van der Waals surface area contributed by atoms with Gasteiger partial charge in [-0.3, -0.25) is 0 Å². The molecule has 18 heavy (non-hydrogen) atoms. The van der Waals surface area contributed by atoms with Crippen LogP contribution in [0.15, 0.2) is 53.4 Å². The average molecular weight is 261 g/mol. The molecule has 0 saturated heterocycles. The Morgan fingerprint density at radius 1 is 1.17 bits per heavy atom. The third-order valence-electron chi connectivity index (χ3n) is 2.58. The Morgan fingerprint density at radius 2 is 1.94 bits per heavy atom. The number of hydrogen-bond acceptors (Lipinski definition) is 3. The topological polar surface area (TPSA) is 43.4 Å². The van der Waals surface area contributed by atoms with Crippen molar-refractivity contribution in [2.24, 2.45) is 0 Å². The van der Waals surface area contributed by atoms with E-state index in [0.29, 0.717) is 11.3 Å². The number of methoxy groups -OCH3 is 1. The van der Waals surface area contributed by atoms with Crippen molar-refractivity contribution in [3.63, 3.8) is 0 Å². The predicted molar refractivity (Wildman–Crippen MR) is 69.2 cm³/mol. The Kier molecular flexibility index (Phi) is 3.67. The van der Waals surface area contributed by atoms with Crippen molar-refractivity contribution >= 4 is 9.84 Å². The molecule has 3 nitrogen and oxygen atoms in total. The highest BCUT2D eigenvalue weighted by molar-refractivity contribution is 7.90. The Hall–Kier alpha value is -1.81. The first kappa shape index (κ1) is 12.6. The van der Waals surface area contributed by atoms with Crippen LogP contribution in [-0.2, 0) is 15.6 Å². The highest BCUT2D eigenvalue weighted by atomic mass is 32.2. The van der Waals surface area contributed by atoms with Crippen LogP contribution < -0.4 is 4.74 Å². The van der Waals surface area contributed by atoms with Crippen molar-refractivity contribution in [1.29, 1.82) is 0 Å². The SMILES string of the molecule is COc1ccccc1CS(=O)(=O)c1c[c]ccc1. The molecule has 2 aromatic carbocycles. The van der Waals surface area contributed by atoms with E-state index in [4.69, 9.17) is 4.74 Å². The molecule has 0 atom stereocenters. The van der Waals surface area contributed by atoms with E-state index in [1.807, 2.05) is 6.07 Å². The maximum atomic E-state index is 12.2. The monoisotopic (exact) mass is 261 g/mol. The summed E-state index contributed by atoms with van der Waals surface area (Å²) < 4.78 is 29.5. The lowest BCUT2D eigenvalue weighted by Gasteiger charge is -2.08.